The van der Waals surface area contributed by atoms with Gasteiger partial charge >= 0.3 is 39.5 Å². The molecular formula is C69H130O17P2. The van der Waals surface area contributed by atoms with Gasteiger partial charge in [0.25, 0.3) is 0 Å². The zero-order valence-electron chi connectivity index (χ0n) is 56.7. The Kier molecular flexibility index (Phi) is 57.9. The predicted molar refractivity (Wildman–Crippen MR) is 354 cm³/mol. The van der Waals surface area contributed by atoms with E-state index in [1.807, 2.05) is 0 Å². The van der Waals surface area contributed by atoms with Gasteiger partial charge in [-0.05, 0) is 69.1 Å². The van der Waals surface area contributed by atoms with Crippen LogP contribution in [0.4, 0.5) is 0 Å². The van der Waals surface area contributed by atoms with Crippen LogP contribution in [0, 0.1) is 17.8 Å². The molecule has 2 unspecified atom stereocenters. The summed E-state index contributed by atoms with van der Waals surface area (Å²) in [6, 6.07) is 0. The van der Waals surface area contributed by atoms with Crippen LogP contribution in [0.15, 0.2) is 24.3 Å². The molecule has 3 N–H and O–H groups in total. The van der Waals surface area contributed by atoms with E-state index in [0.29, 0.717) is 31.6 Å². The van der Waals surface area contributed by atoms with Gasteiger partial charge in [-0.3, -0.25) is 37.3 Å². The maximum atomic E-state index is 13.0. The number of aliphatic hydroxyl groups excluding tert-OH is 1. The third-order valence-electron chi connectivity index (χ3n) is 15.3. The predicted octanol–water partition coefficient (Wildman–Crippen LogP) is 19.0. The maximum absolute atomic E-state index is 13.0. The number of hydrogen-bond donors (Lipinski definition) is 3. The number of rotatable bonds is 65. The van der Waals surface area contributed by atoms with Crippen LogP contribution in [-0.2, 0) is 65.4 Å². The molecule has 0 aromatic heterocycles. The third kappa shape index (κ3) is 62.4. The fourth-order valence-corrected chi connectivity index (χ4v) is 11.4. The molecular weight excluding hydrogens is 1160 g/mol. The molecule has 518 valence electrons. The lowest BCUT2D eigenvalue weighted by atomic mass is 10.0. The summed E-state index contributed by atoms with van der Waals surface area (Å²) < 4.78 is 68.1. The van der Waals surface area contributed by atoms with Gasteiger partial charge in [0.15, 0.2) is 12.2 Å². The fraction of sp³-hybridized carbons (Fsp3) is 0.884. The van der Waals surface area contributed by atoms with Gasteiger partial charge in [-0.2, -0.15) is 0 Å². The van der Waals surface area contributed by atoms with Crippen LogP contribution in [0.3, 0.4) is 0 Å². The number of carbonyl (C=O) groups excluding carboxylic acids is 4. The van der Waals surface area contributed by atoms with E-state index in [1.165, 1.54) is 109 Å². The standard InChI is InChI=1S/C69H130O17P2/c1-8-9-10-11-12-13-14-15-16-17-18-23-29-38-45-52-68(73)85-64(56-79-66(71)50-43-36-28-24-19-21-26-33-40-47-60(2)3)58-83-87(75,76)81-54-63(70)55-82-88(77,78)84-59-65(57-80-67(72)51-44-37-32-31-35-42-49-62(6)7)86-69(74)53-46-39-30-25-20-22-27-34-41-48-61(4)5/h13-16,60-65,70H,8-12,17-59H2,1-7H3,(H,75,76)(H,77,78)/b14-13-,16-15-/t63-,64-,65-/m1/s1. The average molecular weight is 1290 g/mol. The van der Waals surface area contributed by atoms with Gasteiger partial charge in [0.2, 0.25) is 0 Å². The van der Waals surface area contributed by atoms with E-state index in [-0.39, 0.29) is 25.7 Å². The first-order chi connectivity index (χ1) is 42.2. The van der Waals surface area contributed by atoms with Gasteiger partial charge in [-0.25, -0.2) is 9.13 Å². The van der Waals surface area contributed by atoms with Gasteiger partial charge in [0.1, 0.15) is 19.3 Å². The van der Waals surface area contributed by atoms with Crippen molar-refractivity contribution in [1.82, 2.24) is 0 Å². The first-order valence-corrected chi connectivity index (χ1v) is 38.2. The highest BCUT2D eigenvalue weighted by Gasteiger charge is 2.30. The summed E-state index contributed by atoms with van der Waals surface area (Å²) in [6.45, 7) is 11.6. The number of allylic oxidation sites excluding steroid dienone is 4. The smallest absolute Gasteiger partial charge is 0.462 e. The van der Waals surface area contributed by atoms with Crippen molar-refractivity contribution < 1.29 is 80.2 Å². The van der Waals surface area contributed by atoms with Crippen LogP contribution < -0.4 is 0 Å². The summed E-state index contributed by atoms with van der Waals surface area (Å²) >= 11 is 0. The van der Waals surface area contributed by atoms with Crippen molar-refractivity contribution in [1.29, 1.82) is 0 Å². The molecule has 88 heavy (non-hydrogen) atoms. The molecule has 0 radical (unpaired) electrons. The first-order valence-electron chi connectivity index (χ1n) is 35.2. The van der Waals surface area contributed by atoms with Crippen molar-refractivity contribution in [3.05, 3.63) is 24.3 Å². The molecule has 0 aliphatic rings. The van der Waals surface area contributed by atoms with Gasteiger partial charge in [0, 0.05) is 25.7 Å². The molecule has 5 atom stereocenters. The summed E-state index contributed by atoms with van der Waals surface area (Å²) in [7, 11) is -9.91. The third-order valence-corrected chi connectivity index (χ3v) is 17.2. The molecule has 0 saturated heterocycles. The summed E-state index contributed by atoms with van der Waals surface area (Å²) in [5, 5.41) is 10.6. The van der Waals surface area contributed by atoms with Gasteiger partial charge in [-0.15, -0.1) is 0 Å². The van der Waals surface area contributed by atoms with Crippen molar-refractivity contribution >= 4 is 39.5 Å². The van der Waals surface area contributed by atoms with Gasteiger partial charge < -0.3 is 33.8 Å². The van der Waals surface area contributed by atoms with Crippen LogP contribution in [0.5, 0.6) is 0 Å². The molecule has 0 aromatic carbocycles. The Hall–Kier alpha value is -2.46. The minimum atomic E-state index is -4.96. The molecule has 0 heterocycles. The SMILES string of the molecule is CCCCCC/C=C\C=C/CCCCCCCC(=O)O[C@H](COC(=O)CCCCCCCCCCCC(C)C)COP(=O)(O)OC[C@@H](O)COP(=O)(O)OC[C@@H](COC(=O)CCCCCCCCC(C)C)OC(=O)CCCCCCCCCCCC(C)C. The molecule has 0 aromatic rings. The topological polar surface area (TPSA) is 237 Å². The lowest BCUT2D eigenvalue weighted by Crippen LogP contribution is -2.30. The highest BCUT2D eigenvalue weighted by atomic mass is 31.2. The Labute approximate surface area is 535 Å². The lowest BCUT2D eigenvalue weighted by Gasteiger charge is -2.21. The second-order valence-corrected chi connectivity index (χ2v) is 28.6. The molecule has 0 amide bonds. The number of ether oxygens (including phenoxy) is 4. The molecule has 17 nitrogen and oxygen atoms in total. The van der Waals surface area contributed by atoms with Crippen LogP contribution in [0.2, 0.25) is 0 Å². The van der Waals surface area contributed by atoms with Crippen LogP contribution in [0.1, 0.15) is 318 Å². The van der Waals surface area contributed by atoms with Crippen molar-refractivity contribution in [2.75, 3.05) is 39.6 Å². The Morgan fingerprint density at radius 2 is 0.614 bits per heavy atom. The number of hydrogen-bond acceptors (Lipinski definition) is 15. The molecule has 0 saturated carbocycles. The van der Waals surface area contributed by atoms with Crippen molar-refractivity contribution in [3.8, 4) is 0 Å². The summed E-state index contributed by atoms with van der Waals surface area (Å²) in [5.41, 5.74) is 0. The zero-order valence-corrected chi connectivity index (χ0v) is 58.5. The minimum absolute atomic E-state index is 0.0840. The Balaban J connectivity index is 5.29. The van der Waals surface area contributed by atoms with E-state index in [1.54, 1.807) is 0 Å². The monoisotopic (exact) mass is 1290 g/mol. The minimum Gasteiger partial charge on any atom is -0.462 e. The van der Waals surface area contributed by atoms with E-state index in [2.05, 4.69) is 72.8 Å². The number of phosphoric acid groups is 2. The quantitative estimate of drug-likeness (QED) is 0.0169. The Morgan fingerprint density at radius 1 is 0.352 bits per heavy atom. The summed E-state index contributed by atoms with van der Waals surface area (Å²) in [5.74, 6) is -0.00802. The normalized spacial score (nSPS) is 14.4. The average Bonchev–Trinajstić information content (AvgIpc) is 3.69. The van der Waals surface area contributed by atoms with E-state index in [4.69, 9.17) is 37.0 Å². The number of aliphatic hydroxyl groups is 1. The maximum Gasteiger partial charge on any atom is 0.472 e. The highest BCUT2D eigenvalue weighted by molar-refractivity contribution is 7.47. The molecule has 0 spiro atoms. The highest BCUT2D eigenvalue weighted by Crippen LogP contribution is 2.45. The number of esters is 4. The fourth-order valence-electron chi connectivity index (χ4n) is 9.82. The molecule has 0 aliphatic heterocycles. The molecule has 0 fully saturated rings. The van der Waals surface area contributed by atoms with E-state index < -0.39 is 97.5 Å². The summed E-state index contributed by atoms with van der Waals surface area (Å²) in [4.78, 5) is 72.4. The van der Waals surface area contributed by atoms with E-state index >= 15 is 0 Å². The number of carbonyl (C=O) groups is 4. The van der Waals surface area contributed by atoms with Crippen LogP contribution >= 0.6 is 15.6 Å². The molecule has 0 rings (SSSR count). The van der Waals surface area contributed by atoms with Crippen molar-refractivity contribution in [3.63, 3.8) is 0 Å². The van der Waals surface area contributed by atoms with Crippen LogP contribution in [0.25, 0.3) is 0 Å². The van der Waals surface area contributed by atoms with Gasteiger partial charge in [-0.1, -0.05) is 265 Å². The number of phosphoric ester groups is 2. The zero-order chi connectivity index (χ0) is 65.2. The summed E-state index contributed by atoms with van der Waals surface area (Å²) in [6.07, 6.45) is 45.4. The van der Waals surface area contributed by atoms with E-state index in [0.717, 1.165) is 121 Å². The van der Waals surface area contributed by atoms with Crippen molar-refractivity contribution in [2.45, 2.75) is 336 Å². The second-order valence-electron chi connectivity index (χ2n) is 25.7. The van der Waals surface area contributed by atoms with Crippen molar-refractivity contribution in [2.24, 2.45) is 17.8 Å². The Bertz CT molecular complexity index is 1830. The largest absolute Gasteiger partial charge is 0.472 e. The van der Waals surface area contributed by atoms with E-state index in [9.17, 15) is 43.2 Å². The second kappa shape index (κ2) is 59.5. The van der Waals surface area contributed by atoms with Crippen LogP contribution in [-0.4, -0.2) is 96.7 Å². The molecule has 19 heteroatoms. The number of unbranched alkanes of at least 4 members (excludes halogenated alkanes) is 30. The molecule has 0 aliphatic carbocycles. The molecule has 0 bridgehead atoms. The Morgan fingerprint density at radius 3 is 0.920 bits per heavy atom. The lowest BCUT2D eigenvalue weighted by molar-refractivity contribution is -0.161. The van der Waals surface area contributed by atoms with Gasteiger partial charge in [0.05, 0.1) is 26.4 Å². The first kappa shape index (κ1) is 85.5.